The van der Waals surface area contributed by atoms with Crippen LogP contribution < -0.4 is 5.32 Å². The molecule has 0 bridgehead atoms. The molecule has 1 aliphatic heterocycles. The highest BCUT2D eigenvalue weighted by atomic mass is 32.2. The predicted octanol–water partition coefficient (Wildman–Crippen LogP) is 0.773. The Hall–Kier alpha value is -0.420. The molecule has 4 nitrogen and oxygen atoms in total. The molecule has 1 rings (SSSR count). The van der Waals surface area contributed by atoms with Crippen LogP contribution in [0.1, 0.15) is 26.7 Å². The molecule has 0 radical (unpaired) electrons. The van der Waals surface area contributed by atoms with Gasteiger partial charge in [-0.15, -0.1) is 0 Å². The highest BCUT2D eigenvalue weighted by Gasteiger charge is 2.27. The second-order valence-electron chi connectivity index (χ2n) is 4.16. The molecule has 0 spiro atoms. The van der Waals surface area contributed by atoms with Crippen LogP contribution in [0.25, 0.3) is 0 Å². The first-order valence-corrected chi connectivity index (χ1v) is 6.71. The monoisotopic (exact) mass is 218 g/mol. The Morgan fingerprint density at radius 2 is 1.86 bits per heavy atom. The minimum absolute atomic E-state index is 0.299. The summed E-state index contributed by atoms with van der Waals surface area (Å²) in [6.07, 6.45) is 1.85. The van der Waals surface area contributed by atoms with Gasteiger partial charge in [-0.3, -0.25) is 4.79 Å². The SMILES string of the molecule is CNC(C)(C)C(=O)N=S1(=O)CCCC1. The van der Waals surface area contributed by atoms with Crippen molar-refractivity contribution < 1.29 is 9.00 Å². The molecular weight excluding hydrogens is 200 g/mol. The van der Waals surface area contributed by atoms with Crippen LogP contribution in [0.3, 0.4) is 0 Å². The van der Waals surface area contributed by atoms with E-state index in [2.05, 4.69) is 9.68 Å². The van der Waals surface area contributed by atoms with Crippen LogP contribution in [-0.4, -0.2) is 34.2 Å². The fraction of sp³-hybridized carbons (Fsp3) is 0.889. The summed E-state index contributed by atoms with van der Waals surface area (Å²) in [5.74, 6) is 0.865. The molecule has 1 heterocycles. The molecule has 1 saturated heterocycles. The van der Waals surface area contributed by atoms with Crippen LogP contribution >= 0.6 is 0 Å². The lowest BCUT2D eigenvalue weighted by atomic mass is 10.1. The van der Waals surface area contributed by atoms with E-state index in [1.807, 2.05) is 0 Å². The van der Waals surface area contributed by atoms with Crippen LogP contribution in [0.2, 0.25) is 0 Å². The summed E-state index contributed by atoms with van der Waals surface area (Å²) in [5, 5.41) is 2.86. The van der Waals surface area contributed by atoms with Crippen molar-refractivity contribution in [3.05, 3.63) is 0 Å². The van der Waals surface area contributed by atoms with Gasteiger partial charge in [0.1, 0.15) is 0 Å². The van der Waals surface area contributed by atoms with E-state index in [0.29, 0.717) is 11.5 Å². The summed E-state index contributed by atoms with van der Waals surface area (Å²) in [5.41, 5.74) is -0.701. The Kier molecular flexibility index (Phi) is 3.32. The molecule has 0 aliphatic carbocycles. The Morgan fingerprint density at radius 3 is 2.29 bits per heavy atom. The van der Waals surface area contributed by atoms with Crippen LogP contribution in [0.15, 0.2) is 4.36 Å². The van der Waals surface area contributed by atoms with Gasteiger partial charge in [-0.1, -0.05) is 0 Å². The van der Waals surface area contributed by atoms with Crippen molar-refractivity contribution in [1.82, 2.24) is 5.32 Å². The summed E-state index contributed by atoms with van der Waals surface area (Å²) in [6, 6.07) is 0. The number of carbonyl (C=O) groups excluding carboxylic acids is 1. The van der Waals surface area contributed by atoms with Crippen LogP contribution in [0, 0.1) is 0 Å². The van der Waals surface area contributed by atoms with Crippen LogP contribution in [0.5, 0.6) is 0 Å². The highest BCUT2D eigenvalue weighted by Crippen LogP contribution is 2.15. The van der Waals surface area contributed by atoms with Gasteiger partial charge in [0, 0.05) is 11.5 Å². The highest BCUT2D eigenvalue weighted by molar-refractivity contribution is 7.94. The van der Waals surface area contributed by atoms with Crippen molar-refractivity contribution in [3.63, 3.8) is 0 Å². The second-order valence-corrected chi connectivity index (χ2v) is 6.70. The first-order chi connectivity index (χ1) is 6.40. The first-order valence-electron chi connectivity index (χ1n) is 4.85. The van der Waals surface area contributed by atoms with Gasteiger partial charge < -0.3 is 5.32 Å². The topological polar surface area (TPSA) is 58.5 Å². The van der Waals surface area contributed by atoms with Crippen molar-refractivity contribution in [1.29, 1.82) is 0 Å². The van der Waals surface area contributed by atoms with Crippen molar-refractivity contribution in [3.8, 4) is 0 Å². The fourth-order valence-electron chi connectivity index (χ4n) is 1.22. The molecule has 1 fully saturated rings. The maximum absolute atomic E-state index is 11.9. The lowest BCUT2D eigenvalue weighted by Crippen LogP contribution is -2.44. The zero-order chi connectivity index (χ0) is 10.8. The van der Waals surface area contributed by atoms with Gasteiger partial charge in [0.2, 0.25) is 0 Å². The Morgan fingerprint density at radius 1 is 1.36 bits per heavy atom. The van der Waals surface area contributed by atoms with E-state index in [4.69, 9.17) is 0 Å². The summed E-state index contributed by atoms with van der Waals surface area (Å²) in [6.45, 7) is 3.49. The van der Waals surface area contributed by atoms with Crippen LogP contribution in [0.4, 0.5) is 0 Å². The summed E-state index contributed by atoms with van der Waals surface area (Å²) in [4.78, 5) is 11.6. The number of carbonyl (C=O) groups is 1. The van der Waals surface area contributed by atoms with Crippen LogP contribution in [-0.2, 0) is 14.5 Å². The average Bonchev–Trinajstić information content (AvgIpc) is 2.52. The van der Waals surface area contributed by atoms with Crippen molar-refractivity contribution in [2.24, 2.45) is 4.36 Å². The average molecular weight is 218 g/mol. The van der Waals surface area contributed by atoms with Crippen molar-refractivity contribution in [2.75, 3.05) is 18.6 Å². The third-order valence-corrected chi connectivity index (χ3v) is 4.94. The molecule has 14 heavy (non-hydrogen) atoms. The van der Waals surface area contributed by atoms with E-state index in [9.17, 15) is 9.00 Å². The largest absolute Gasteiger partial charge is 0.307 e. The number of amides is 1. The molecule has 82 valence electrons. The van der Waals surface area contributed by atoms with Gasteiger partial charge in [0.15, 0.2) is 0 Å². The number of nitrogens with zero attached hydrogens (tertiary/aromatic N) is 1. The summed E-state index contributed by atoms with van der Waals surface area (Å²) < 4.78 is 15.8. The van der Waals surface area contributed by atoms with E-state index in [1.165, 1.54) is 0 Å². The first kappa shape index (κ1) is 11.7. The normalized spacial score (nSPS) is 20.8. The molecule has 0 unspecified atom stereocenters. The minimum atomic E-state index is -2.21. The van der Waals surface area contributed by atoms with E-state index in [0.717, 1.165) is 12.8 Å². The third-order valence-electron chi connectivity index (χ3n) is 2.59. The lowest BCUT2D eigenvalue weighted by Gasteiger charge is -2.19. The van der Waals surface area contributed by atoms with Crippen molar-refractivity contribution in [2.45, 2.75) is 32.2 Å². The standard InChI is InChI=1S/C9H18N2O2S/c1-9(2,10-3)8(12)11-14(13)6-4-5-7-14/h10H,4-7H2,1-3H3. The van der Waals surface area contributed by atoms with Gasteiger partial charge in [-0.05, 0) is 33.7 Å². The van der Waals surface area contributed by atoms with E-state index >= 15 is 0 Å². The van der Waals surface area contributed by atoms with Crippen molar-refractivity contribution >= 4 is 15.6 Å². The number of hydrogen-bond donors (Lipinski definition) is 1. The molecule has 1 aliphatic rings. The van der Waals surface area contributed by atoms with E-state index < -0.39 is 15.3 Å². The number of rotatable bonds is 2. The summed E-state index contributed by atoms with van der Waals surface area (Å²) >= 11 is 0. The molecule has 0 saturated carbocycles. The molecular formula is C9H18N2O2S. The quantitative estimate of drug-likeness (QED) is 0.745. The number of nitrogens with one attached hydrogen (secondary N) is 1. The van der Waals surface area contributed by atoms with E-state index in [-0.39, 0.29) is 5.91 Å². The Bertz CT molecular complexity index is 329. The predicted molar refractivity (Wildman–Crippen MR) is 57.7 cm³/mol. The number of likely N-dealkylation sites (N-methyl/N-ethyl adjacent to an activating group) is 1. The van der Waals surface area contributed by atoms with Gasteiger partial charge in [0.05, 0.1) is 15.3 Å². The molecule has 0 atom stereocenters. The molecule has 0 aromatic rings. The van der Waals surface area contributed by atoms with Gasteiger partial charge >= 0.3 is 0 Å². The minimum Gasteiger partial charge on any atom is -0.307 e. The third kappa shape index (κ3) is 2.54. The molecule has 1 N–H and O–H groups in total. The molecule has 0 aromatic heterocycles. The Labute approximate surface area is 85.6 Å². The van der Waals surface area contributed by atoms with E-state index in [1.54, 1.807) is 20.9 Å². The molecule has 5 heteroatoms. The number of hydrogen-bond acceptors (Lipinski definition) is 3. The zero-order valence-electron chi connectivity index (χ0n) is 9.00. The van der Waals surface area contributed by atoms with Gasteiger partial charge in [-0.2, -0.15) is 4.36 Å². The molecule has 1 amide bonds. The molecule has 0 aromatic carbocycles. The second kappa shape index (κ2) is 3.98. The fourth-order valence-corrected chi connectivity index (χ4v) is 3.45. The maximum Gasteiger partial charge on any atom is 0.273 e. The van der Waals surface area contributed by atoms with Gasteiger partial charge in [0.25, 0.3) is 5.91 Å². The lowest BCUT2D eigenvalue weighted by molar-refractivity contribution is -0.122. The van der Waals surface area contributed by atoms with Gasteiger partial charge in [-0.25, -0.2) is 4.21 Å². The Balaban J connectivity index is 2.87. The maximum atomic E-state index is 11.9. The summed E-state index contributed by atoms with van der Waals surface area (Å²) in [7, 11) is -0.508. The zero-order valence-corrected chi connectivity index (χ0v) is 9.82. The smallest absolute Gasteiger partial charge is 0.273 e.